The Balaban J connectivity index is 1.84. The maximum Gasteiger partial charge on any atom is 0.246 e. The molecule has 3 aromatic rings. The first-order valence-corrected chi connectivity index (χ1v) is 7.64. The number of hydrogen-bond donors (Lipinski definition) is 1. The molecule has 0 amide bonds. The second-order valence-electron chi connectivity index (χ2n) is 5.85. The zero-order valence-corrected chi connectivity index (χ0v) is 13.8. The summed E-state index contributed by atoms with van der Waals surface area (Å²) in [6.07, 6.45) is 1.71. The van der Waals surface area contributed by atoms with Crippen LogP contribution in [0.15, 0.2) is 42.7 Å². The van der Waals surface area contributed by atoms with Gasteiger partial charge in [-0.2, -0.15) is 4.98 Å². The van der Waals surface area contributed by atoms with Crippen LogP contribution in [0.4, 0.5) is 20.4 Å². The summed E-state index contributed by atoms with van der Waals surface area (Å²) in [7, 11) is 0. The minimum atomic E-state index is -0.687. The minimum absolute atomic E-state index is 0.0760. The Morgan fingerprint density at radius 3 is 2.52 bits per heavy atom. The van der Waals surface area contributed by atoms with E-state index in [1.165, 1.54) is 30.1 Å². The fourth-order valence-corrected chi connectivity index (χ4v) is 2.57. The molecule has 0 fully saturated rings. The predicted octanol–water partition coefficient (Wildman–Crippen LogP) is 3.73. The van der Waals surface area contributed by atoms with Gasteiger partial charge in [0.15, 0.2) is 0 Å². The molecule has 0 unspecified atom stereocenters. The molecule has 5 nitrogen and oxygen atoms in total. The van der Waals surface area contributed by atoms with Crippen LogP contribution < -0.4 is 5.32 Å². The summed E-state index contributed by atoms with van der Waals surface area (Å²) in [5, 5.41) is 7.21. The molecular weight excluding hydrogens is 326 g/mol. The van der Waals surface area contributed by atoms with E-state index in [0.29, 0.717) is 6.42 Å². The normalized spacial score (nSPS) is 10.7. The van der Waals surface area contributed by atoms with Crippen molar-refractivity contribution in [2.75, 3.05) is 5.32 Å². The molecule has 7 heteroatoms. The van der Waals surface area contributed by atoms with Gasteiger partial charge in [0.25, 0.3) is 0 Å². The second kappa shape index (κ2) is 6.80. The van der Waals surface area contributed by atoms with Gasteiger partial charge >= 0.3 is 0 Å². The molecule has 0 radical (unpaired) electrons. The summed E-state index contributed by atoms with van der Waals surface area (Å²) in [4.78, 5) is 15.4. The molecule has 25 heavy (non-hydrogen) atoms. The maximum atomic E-state index is 13.3. The van der Waals surface area contributed by atoms with Crippen molar-refractivity contribution in [3.8, 4) is 5.69 Å². The molecule has 128 valence electrons. The van der Waals surface area contributed by atoms with Crippen molar-refractivity contribution < 1.29 is 13.6 Å². The van der Waals surface area contributed by atoms with Gasteiger partial charge in [-0.25, -0.2) is 13.5 Å². The van der Waals surface area contributed by atoms with Gasteiger partial charge in [-0.15, -0.1) is 5.10 Å². The monoisotopic (exact) mass is 342 g/mol. The van der Waals surface area contributed by atoms with Crippen LogP contribution >= 0.6 is 0 Å². The molecule has 1 heterocycles. The molecule has 1 aromatic heterocycles. The summed E-state index contributed by atoms with van der Waals surface area (Å²) in [5.41, 5.74) is 2.86. The van der Waals surface area contributed by atoms with E-state index in [1.807, 2.05) is 25.1 Å². The minimum Gasteiger partial charge on any atom is -0.323 e. The number of Topliss-reactive ketones (excluding diaryl/α,β-unsaturated/α-hetero) is 1. The summed E-state index contributed by atoms with van der Waals surface area (Å²) < 4.78 is 27.9. The van der Waals surface area contributed by atoms with Gasteiger partial charge in [0.05, 0.1) is 5.69 Å². The van der Waals surface area contributed by atoms with Gasteiger partial charge in [-0.05, 0) is 49.2 Å². The molecule has 1 N–H and O–H groups in total. The lowest BCUT2D eigenvalue weighted by Gasteiger charge is -2.07. The number of anilines is 2. The highest BCUT2D eigenvalue weighted by atomic mass is 19.1. The first-order valence-electron chi connectivity index (χ1n) is 7.64. The van der Waals surface area contributed by atoms with Crippen LogP contribution in [-0.4, -0.2) is 20.5 Å². The molecule has 0 spiro atoms. The molecule has 0 saturated carbocycles. The number of nitrogens with zero attached hydrogens (tertiary/aromatic N) is 3. The molecule has 0 aliphatic rings. The zero-order valence-electron chi connectivity index (χ0n) is 13.8. The Hall–Kier alpha value is -3.09. The summed E-state index contributed by atoms with van der Waals surface area (Å²) in [6.45, 7) is 3.47. The Labute approximate surface area is 143 Å². The molecular formula is C18H16F2N4O. The standard InChI is InChI=1S/C18H16F2N4O/c1-11-3-13(5-12(2)25)6-16(4-11)22-18-21-10-24(23-18)17-8-14(19)7-15(20)9-17/h3-4,6-10H,5H2,1-2H3,(H,22,23). The number of aryl methyl sites for hydroxylation is 1. The lowest BCUT2D eigenvalue weighted by molar-refractivity contribution is -0.116. The van der Waals surface area contributed by atoms with E-state index in [9.17, 15) is 13.6 Å². The van der Waals surface area contributed by atoms with Crippen molar-refractivity contribution in [2.24, 2.45) is 0 Å². The Morgan fingerprint density at radius 1 is 1.12 bits per heavy atom. The largest absolute Gasteiger partial charge is 0.323 e. The number of hydrogen-bond acceptors (Lipinski definition) is 4. The third-order valence-electron chi connectivity index (χ3n) is 3.45. The van der Waals surface area contributed by atoms with E-state index in [2.05, 4.69) is 15.4 Å². The van der Waals surface area contributed by atoms with E-state index in [4.69, 9.17) is 0 Å². The van der Waals surface area contributed by atoms with E-state index in [1.54, 1.807) is 0 Å². The van der Waals surface area contributed by atoms with Gasteiger partial charge in [0, 0.05) is 18.2 Å². The fourth-order valence-electron chi connectivity index (χ4n) is 2.57. The van der Waals surface area contributed by atoms with Crippen LogP contribution in [0.5, 0.6) is 0 Å². The third-order valence-corrected chi connectivity index (χ3v) is 3.45. The molecule has 0 saturated heterocycles. The van der Waals surface area contributed by atoms with Gasteiger partial charge in [0.2, 0.25) is 5.95 Å². The topological polar surface area (TPSA) is 59.8 Å². The summed E-state index contributed by atoms with van der Waals surface area (Å²) >= 11 is 0. The van der Waals surface area contributed by atoms with Crippen molar-refractivity contribution in [3.05, 3.63) is 65.5 Å². The van der Waals surface area contributed by atoms with Crippen LogP contribution in [0.1, 0.15) is 18.1 Å². The van der Waals surface area contributed by atoms with Crippen molar-refractivity contribution in [1.82, 2.24) is 14.8 Å². The van der Waals surface area contributed by atoms with E-state index >= 15 is 0 Å². The highest BCUT2D eigenvalue weighted by Crippen LogP contribution is 2.19. The van der Waals surface area contributed by atoms with Crippen LogP contribution in [0, 0.1) is 18.6 Å². The highest BCUT2D eigenvalue weighted by molar-refractivity contribution is 5.78. The first kappa shape index (κ1) is 16.8. The number of carbonyl (C=O) groups excluding carboxylic acids is 1. The van der Waals surface area contributed by atoms with Crippen LogP contribution in [0.3, 0.4) is 0 Å². The van der Waals surface area contributed by atoms with Gasteiger partial charge < -0.3 is 5.32 Å². The number of nitrogens with one attached hydrogen (secondary N) is 1. The maximum absolute atomic E-state index is 13.3. The molecule has 0 atom stereocenters. The Bertz CT molecular complexity index is 916. The van der Waals surface area contributed by atoms with E-state index < -0.39 is 11.6 Å². The van der Waals surface area contributed by atoms with Crippen molar-refractivity contribution in [2.45, 2.75) is 20.3 Å². The van der Waals surface area contributed by atoms with Crippen molar-refractivity contribution in [3.63, 3.8) is 0 Å². The molecule has 0 aliphatic carbocycles. The van der Waals surface area contributed by atoms with E-state index in [0.717, 1.165) is 22.9 Å². The van der Waals surface area contributed by atoms with Crippen LogP contribution in [0.25, 0.3) is 5.69 Å². The lowest BCUT2D eigenvalue weighted by Crippen LogP contribution is -2.01. The molecule has 2 aromatic carbocycles. The number of benzene rings is 2. The van der Waals surface area contributed by atoms with Crippen molar-refractivity contribution >= 4 is 17.4 Å². The van der Waals surface area contributed by atoms with Gasteiger partial charge in [-0.1, -0.05) is 6.07 Å². The molecule has 0 aliphatic heterocycles. The second-order valence-corrected chi connectivity index (χ2v) is 5.85. The number of aromatic nitrogens is 3. The van der Waals surface area contributed by atoms with Crippen LogP contribution in [0.2, 0.25) is 0 Å². The van der Waals surface area contributed by atoms with Crippen molar-refractivity contribution in [1.29, 1.82) is 0 Å². The number of ketones is 1. The van der Waals surface area contributed by atoms with E-state index in [-0.39, 0.29) is 17.4 Å². The smallest absolute Gasteiger partial charge is 0.246 e. The Morgan fingerprint density at radius 2 is 1.84 bits per heavy atom. The average molecular weight is 342 g/mol. The quantitative estimate of drug-likeness (QED) is 0.767. The lowest BCUT2D eigenvalue weighted by atomic mass is 10.1. The molecule has 3 rings (SSSR count). The number of halogens is 2. The summed E-state index contributed by atoms with van der Waals surface area (Å²) in [5.74, 6) is -1.02. The Kier molecular flexibility index (Phi) is 4.56. The first-order chi connectivity index (χ1) is 11.9. The molecule has 0 bridgehead atoms. The fraction of sp³-hybridized carbons (Fsp3) is 0.167. The van der Waals surface area contributed by atoms with Gasteiger partial charge in [0.1, 0.15) is 23.7 Å². The predicted molar refractivity (Wildman–Crippen MR) is 90.1 cm³/mol. The zero-order chi connectivity index (χ0) is 18.0. The number of carbonyl (C=O) groups is 1. The number of rotatable bonds is 5. The van der Waals surface area contributed by atoms with Gasteiger partial charge in [-0.3, -0.25) is 4.79 Å². The highest BCUT2D eigenvalue weighted by Gasteiger charge is 2.08. The summed E-state index contributed by atoms with van der Waals surface area (Å²) in [6, 6.07) is 8.80. The third kappa shape index (κ3) is 4.26. The average Bonchev–Trinajstić information content (AvgIpc) is 2.93. The SMILES string of the molecule is CC(=O)Cc1cc(C)cc(Nc2ncn(-c3cc(F)cc(F)c3)n2)c1. The van der Waals surface area contributed by atoms with Crippen LogP contribution in [-0.2, 0) is 11.2 Å².